The molecule has 2 aromatic heterocycles. The van der Waals surface area contributed by atoms with Gasteiger partial charge in [0, 0.05) is 19.4 Å². The van der Waals surface area contributed by atoms with Crippen molar-refractivity contribution in [2.75, 3.05) is 12.4 Å². The smallest absolute Gasteiger partial charge is 0.199 e. The summed E-state index contributed by atoms with van der Waals surface area (Å²) in [6.07, 6.45) is 3.52. The van der Waals surface area contributed by atoms with Crippen molar-refractivity contribution in [3.05, 3.63) is 27.2 Å². The van der Waals surface area contributed by atoms with E-state index in [2.05, 4.69) is 47.8 Å². The van der Waals surface area contributed by atoms with Crippen LogP contribution in [0.1, 0.15) is 11.3 Å². The molecule has 0 aromatic carbocycles. The monoisotopic (exact) mass is 341 g/mol. The van der Waals surface area contributed by atoms with Crippen molar-refractivity contribution in [1.29, 1.82) is 0 Å². The molecule has 2 aromatic rings. The fraction of sp³-hybridized carbons (Fsp3) is 0.273. The minimum absolute atomic E-state index is 0.548. The van der Waals surface area contributed by atoms with Gasteiger partial charge in [0.25, 0.3) is 0 Å². The van der Waals surface area contributed by atoms with Gasteiger partial charge >= 0.3 is 0 Å². The molecule has 2 rings (SSSR count). The maximum Gasteiger partial charge on any atom is 0.199 e. The lowest BCUT2D eigenvalue weighted by molar-refractivity contribution is 1.03. The number of anilines is 1. The largest absolute Gasteiger partial charge is 0.372 e. The first-order valence-electron chi connectivity index (χ1n) is 5.12. The third kappa shape index (κ3) is 2.51. The van der Waals surface area contributed by atoms with Gasteiger partial charge < -0.3 is 5.32 Å². The summed E-state index contributed by atoms with van der Waals surface area (Å²) in [5.41, 5.74) is 1.94. The molecule has 0 amide bonds. The summed E-state index contributed by atoms with van der Waals surface area (Å²) < 4.78 is 1.01. The van der Waals surface area contributed by atoms with Crippen molar-refractivity contribution in [2.24, 2.45) is 0 Å². The van der Waals surface area contributed by atoms with Crippen LogP contribution in [0.25, 0.3) is 11.6 Å². The fourth-order valence-corrected chi connectivity index (χ4v) is 1.84. The Morgan fingerprint density at radius 1 is 1.06 bits per heavy atom. The van der Waals surface area contributed by atoms with Crippen LogP contribution in [0, 0.1) is 17.4 Å². The van der Waals surface area contributed by atoms with E-state index in [1.165, 1.54) is 0 Å². The molecule has 0 aliphatic heterocycles. The van der Waals surface area contributed by atoms with Gasteiger partial charge in [0.1, 0.15) is 5.82 Å². The Hall–Kier alpha value is -1.31. The van der Waals surface area contributed by atoms with Crippen LogP contribution in [0.15, 0.2) is 12.4 Å². The highest BCUT2D eigenvalue weighted by molar-refractivity contribution is 14.1. The molecule has 6 heteroatoms. The molecule has 0 fully saturated rings. The summed E-state index contributed by atoms with van der Waals surface area (Å²) >= 11 is 2.22. The Morgan fingerprint density at radius 2 is 1.71 bits per heavy atom. The van der Waals surface area contributed by atoms with E-state index in [9.17, 15) is 0 Å². The molecule has 0 atom stereocenters. The SMILES string of the molecule is CNc1nc(-c2ncc(C)cn2)nc(C)c1I. The van der Waals surface area contributed by atoms with Gasteiger partial charge in [-0.05, 0) is 42.0 Å². The van der Waals surface area contributed by atoms with E-state index in [4.69, 9.17) is 0 Å². The van der Waals surface area contributed by atoms with Crippen LogP contribution in [-0.2, 0) is 0 Å². The zero-order chi connectivity index (χ0) is 12.4. The van der Waals surface area contributed by atoms with Crippen LogP contribution >= 0.6 is 22.6 Å². The average Bonchev–Trinajstić information content (AvgIpc) is 2.33. The zero-order valence-electron chi connectivity index (χ0n) is 9.82. The van der Waals surface area contributed by atoms with Crippen LogP contribution in [0.5, 0.6) is 0 Å². The predicted molar refractivity (Wildman–Crippen MR) is 74.8 cm³/mol. The van der Waals surface area contributed by atoms with Gasteiger partial charge in [-0.2, -0.15) is 0 Å². The number of halogens is 1. The number of hydrogen-bond acceptors (Lipinski definition) is 5. The number of rotatable bonds is 2. The van der Waals surface area contributed by atoms with E-state index in [1.807, 2.05) is 20.9 Å². The summed E-state index contributed by atoms with van der Waals surface area (Å²) in [5.74, 6) is 1.90. The van der Waals surface area contributed by atoms with Gasteiger partial charge in [0.2, 0.25) is 0 Å². The minimum Gasteiger partial charge on any atom is -0.372 e. The maximum absolute atomic E-state index is 4.40. The Kier molecular flexibility index (Phi) is 3.51. The molecule has 0 saturated carbocycles. The van der Waals surface area contributed by atoms with E-state index < -0.39 is 0 Å². The van der Waals surface area contributed by atoms with Crippen molar-refractivity contribution >= 4 is 28.4 Å². The minimum atomic E-state index is 0.548. The lowest BCUT2D eigenvalue weighted by Crippen LogP contribution is -2.04. The van der Waals surface area contributed by atoms with Gasteiger partial charge in [-0.25, -0.2) is 19.9 Å². The number of aryl methyl sites for hydroxylation is 2. The van der Waals surface area contributed by atoms with E-state index in [0.29, 0.717) is 11.6 Å². The van der Waals surface area contributed by atoms with Gasteiger partial charge in [-0.1, -0.05) is 0 Å². The summed E-state index contributed by atoms with van der Waals surface area (Å²) in [7, 11) is 1.84. The topological polar surface area (TPSA) is 63.6 Å². The standard InChI is InChI=1S/C11H12IN5/c1-6-4-14-10(15-5-6)11-16-7(2)8(12)9(13-3)17-11/h4-5H,1-3H3,(H,13,16,17). The first kappa shape index (κ1) is 12.2. The van der Waals surface area contributed by atoms with Gasteiger partial charge in [-0.3, -0.25) is 0 Å². The summed E-state index contributed by atoms with van der Waals surface area (Å²) in [4.78, 5) is 17.3. The highest BCUT2D eigenvalue weighted by atomic mass is 127. The second kappa shape index (κ2) is 4.91. The molecule has 0 spiro atoms. The van der Waals surface area contributed by atoms with Crippen molar-refractivity contribution in [3.8, 4) is 11.6 Å². The third-order valence-electron chi connectivity index (χ3n) is 2.23. The molecule has 0 radical (unpaired) electrons. The second-order valence-corrected chi connectivity index (χ2v) is 4.71. The molecule has 17 heavy (non-hydrogen) atoms. The number of aromatic nitrogens is 4. The Labute approximate surface area is 113 Å². The van der Waals surface area contributed by atoms with Crippen molar-refractivity contribution in [1.82, 2.24) is 19.9 Å². The molecule has 0 aliphatic rings. The van der Waals surface area contributed by atoms with E-state index in [-0.39, 0.29) is 0 Å². The van der Waals surface area contributed by atoms with E-state index in [0.717, 1.165) is 20.6 Å². The highest BCUT2D eigenvalue weighted by Gasteiger charge is 2.11. The molecule has 2 heterocycles. The lowest BCUT2D eigenvalue weighted by atomic mass is 10.3. The normalized spacial score (nSPS) is 10.4. The first-order valence-corrected chi connectivity index (χ1v) is 6.20. The summed E-state index contributed by atoms with van der Waals surface area (Å²) in [5, 5.41) is 3.04. The molecule has 5 nitrogen and oxygen atoms in total. The molecule has 1 N–H and O–H groups in total. The fourth-order valence-electron chi connectivity index (χ4n) is 1.33. The van der Waals surface area contributed by atoms with Crippen LogP contribution in [0.4, 0.5) is 5.82 Å². The molecule has 0 aliphatic carbocycles. The molecule has 88 valence electrons. The van der Waals surface area contributed by atoms with Crippen molar-refractivity contribution in [2.45, 2.75) is 13.8 Å². The van der Waals surface area contributed by atoms with Gasteiger partial charge in [0.05, 0.1) is 9.26 Å². The number of nitrogens with zero attached hydrogens (tertiary/aromatic N) is 4. The third-order valence-corrected chi connectivity index (χ3v) is 3.53. The summed E-state index contributed by atoms with van der Waals surface area (Å²) in [6, 6.07) is 0. The van der Waals surface area contributed by atoms with Gasteiger partial charge in [-0.15, -0.1) is 0 Å². The number of nitrogens with one attached hydrogen (secondary N) is 1. The molecule has 0 bridgehead atoms. The molecule has 0 unspecified atom stereocenters. The predicted octanol–water partition coefficient (Wildman–Crippen LogP) is 2.20. The van der Waals surface area contributed by atoms with Crippen molar-refractivity contribution in [3.63, 3.8) is 0 Å². The van der Waals surface area contributed by atoms with E-state index in [1.54, 1.807) is 12.4 Å². The zero-order valence-corrected chi connectivity index (χ0v) is 12.0. The van der Waals surface area contributed by atoms with Crippen LogP contribution in [0.3, 0.4) is 0 Å². The average molecular weight is 341 g/mol. The Bertz CT molecular complexity index is 538. The quantitative estimate of drug-likeness (QED) is 0.849. The highest BCUT2D eigenvalue weighted by Crippen LogP contribution is 2.21. The molecule has 0 saturated heterocycles. The van der Waals surface area contributed by atoms with Crippen LogP contribution < -0.4 is 5.32 Å². The summed E-state index contributed by atoms with van der Waals surface area (Å²) in [6.45, 7) is 3.89. The Balaban J connectivity index is 2.52. The molecular weight excluding hydrogens is 329 g/mol. The van der Waals surface area contributed by atoms with E-state index >= 15 is 0 Å². The van der Waals surface area contributed by atoms with Crippen LogP contribution in [-0.4, -0.2) is 27.0 Å². The van der Waals surface area contributed by atoms with Crippen LogP contribution in [0.2, 0.25) is 0 Å². The molecular formula is C11H12IN5. The van der Waals surface area contributed by atoms with Crippen molar-refractivity contribution < 1.29 is 0 Å². The first-order chi connectivity index (χ1) is 8.11. The van der Waals surface area contributed by atoms with Gasteiger partial charge in [0.15, 0.2) is 11.6 Å². The Morgan fingerprint density at radius 3 is 2.29 bits per heavy atom. The number of hydrogen-bond donors (Lipinski definition) is 1. The second-order valence-electron chi connectivity index (χ2n) is 3.63. The maximum atomic E-state index is 4.40. The lowest BCUT2D eigenvalue weighted by Gasteiger charge is -2.07.